The Balaban J connectivity index is 4.09. The fourth-order valence-electron chi connectivity index (χ4n) is 1.41. The van der Waals surface area contributed by atoms with Crippen molar-refractivity contribution < 1.29 is 9.63 Å². The van der Waals surface area contributed by atoms with Crippen LogP contribution in [0.2, 0.25) is 0 Å². The maximum Gasteiger partial charge on any atom is 0.129 e. The van der Waals surface area contributed by atoms with E-state index in [4.69, 9.17) is 4.74 Å². The van der Waals surface area contributed by atoms with Gasteiger partial charge in [0.1, 0.15) is 14.6 Å². The third-order valence-corrected chi connectivity index (χ3v) is 3.69. The quantitative estimate of drug-likeness (QED) is 0.700. The van der Waals surface area contributed by atoms with Gasteiger partial charge in [-0.2, -0.15) is 0 Å². The second kappa shape index (κ2) is 6.73. The molecule has 0 radical (unpaired) electrons. The van der Waals surface area contributed by atoms with Crippen LogP contribution in [0, 0.1) is 0 Å². The molecule has 86 valence electrons. The van der Waals surface area contributed by atoms with E-state index in [1.807, 2.05) is 13.8 Å². The Morgan fingerprint density at radius 3 is 1.79 bits per heavy atom. The Morgan fingerprint density at radius 2 is 1.50 bits per heavy atom. The van der Waals surface area contributed by atoms with Gasteiger partial charge in [-0.05, 0) is 41.5 Å². The van der Waals surface area contributed by atoms with E-state index in [0.29, 0.717) is 18.4 Å². The summed E-state index contributed by atoms with van der Waals surface area (Å²) in [6.07, 6.45) is 0.636. The highest BCUT2D eigenvalue weighted by Gasteiger charge is 2.22. The molecule has 0 aliphatic heterocycles. The summed E-state index contributed by atoms with van der Waals surface area (Å²) in [5, 5.41) is 0. The smallest absolute Gasteiger partial charge is 0.129 e. The number of nitrogens with zero attached hydrogens (tertiary/aromatic N) is 1. The summed E-state index contributed by atoms with van der Waals surface area (Å²) in [5.41, 5.74) is 0. The van der Waals surface area contributed by atoms with E-state index in [9.17, 15) is 4.89 Å². The van der Waals surface area contributed by atoms with E-state index in [1.165, 1.54) is 0 Å². The molecule has 0 aliphatic carbocycles. The molecular weight excluding hydrogens is 197 g/mol. The lowest BCUT2D eigenvalue weighted by Gasteiger charge is -2.34. The summed E-state index contributed by atoms with van der Waals surface area (Å²) in [5.74, 6) is 0. The molecule has 14 heavy (non-hydrogen) atoms. The lowest BCUT2D eigenvalue weighted by Crippen LogP contribution is -2.33. The Morgan fingerprint density at radius 1 is 1.07 bits per heavy atom. The van der Waals surface area contributed by atoms with Crippen molar-refractivity contribution in [3.8, 4) is 0 Å². The van der Waals surface area contributed by atoms with Crippen molar-refractivity contribution in [2.24, 2.45) is 0 Å². The molecule has 1 N–H and O–H groups in total. The Labute approximate surface area is 89.3 Å². The van der Waals surface area contributed by atoms with E-state index in [2.05, 4.69) is 32.4 Å². The van der Waals surface area contributed by atoms with Gasteiger partial charge in [0.2, 0.25) is 0 Å². The van der Waals surface area contributed by atoms with Crippen molar-refractivity contribution in [3.05, 3.63) is 0 Å². The van der Waals surface area contributed by atoms with Gasteiger partial charge in [0.05, 0.1) is 6.10 Å². The van der Waals surface area contributed by atoms with Gasteiger partial charge < -0.3 is 9.63 Å². The molecule has 0 heterocycles. The van der Waals surface area contributed by atoms with Gasteiger partial charge in [0.15, 0.2) is 0 Å². The summed E-state index contributed by atoms with van der Waals surface area (Å²) in [6, 6.07) is 0.726. The van der Waals surface area contributed by atoms with E-state index < -0.39 is 8.30 Å². The van der Waals surface area contributed by atoms with Crippen LogP contribution in [-0.4, -0.2) is 34.1 Å². The van der Waals surface area contributed by atoms with Crippen molar-refractivity contribution in [1.82, 2.24) is 4.67 Å². The van der Waals surface area contributed by atoms with E-state index in [0.717, 1.165) is 0 Å². The van der Waals surface area contributed by atoms with E-state index in [1.54, 1.807) is 0 Å². The molecule has 1 atom stereocenters. The molecule has 0 saturated heterocycles. The Bertz CT molecular complexity index is 143. The third kappa shape index (κ3) is 5.26. The van der Waals surface area contributed by atoms with Gasteiger partial charge in [-0.1, -0.05) is 0 Å². The molecule has 4 heteroatoms. The first kappa shape index (κ1) is 14.3. The van der Waals surface area contributed by atoms with Crippen LogP contribution in [0.1, 0.15) is 41.5 Å². The van der Waals surface area contributed by atoms with Gasteiger partial charge >= 0.3 is 0 Å². The molecular formula is C10H24NO2P. The van der Waals surface area contributed by atoms with Crippen molar-refractivity contribution in [1.29, 1.82) is 0 Å². The predicted octanol–water partition coefficient (Wildman–Crippen LogP) is 2.79. The van der Waals surface area contributed by atoms with Crippen molar-refractivity contribution in [3.63, 3.8) is 0 Å². The number of hydrogen-bond donors (Lipinski definition) is 1. The van der Waals surface area contributed by atoms with Gasteiger partial charge in [0.25, 0.3) is 0 Å². The molecule has 0 aliphatic rings. The van der Waals surface area contributed by atoms with Gasteiger partial charge in [0, 0.05) is 12.1 Å². The maximum atomic E-state index is 9.96. The van der Waals surface area contributed by atoms with Crippen LogP contribution in [-0.2, 0) is 4.74 Å². The summed E-state index contributed by atoms with van der Waals surface area (Å²) in [4.78, 5) is 9.96. The zero-order valence-corrected chi connectivity index (χ0v) is 11.1. The second-order valence-electron chi connectivity index (χ2n) is 4.28. The van der Waals surface area contributed by atoms with Gasteiger partial charge in [-0.25, -0.2) is 0 Å². The number of ether oxygens (including phenoxy) is 1. The molecule has 0 saturated carbocycles. The normalized spacial score (nSPS) is 14.8. The molecule has 3 nitrogen and oxygen atoms in total. The molecule has 0 spiro atoms. The molecule has 0 rings (SSSR count). The minimum atomic E-state index is -1.14. The third-order valence-electron chi connectivity index (χ3n) is 1.85. The summed E-state index contributed by atoms with van der Waals surface area (Å²) in [6.45, 7) is 12.4. The predicted molar refractivity (Wildman–Crippen MR) is 62.3 cm³/mol. The van der Waals surface area contributed by atoms with Crippen molar-refractivity contribution in [2.45, 2.75) is 59.7 Å². The lowest BCUT2D eigenvalue weighted by molar-refractivity contribution is 0.107. The maximum absolute atomic E-state index is 9.96. The average Bonchev–Trinajstić information content (AvgIpc) is 1.99. The van der Waals surface area contributed by atoms with Crippen LogP contribution in [0.15, 0.2) is 0 Å². The topological polar surface area (TPSA) is 32.7 Å². The van der Waals surface area contributed by atoms with Crippen molar-refractivity contribution >= 4 is 8.30 Å². The van der Waals surface area contributed by atoms with Gasteiger partial charge in [-0.15, -0.1) is 0 Å². The highest BCUT2D eigenvalue weighted by molar-refractivity contribution is 7.48. The lowest BCUT2D eigenvalue weighted by atomic mass is 10.3. The molecule has 0 bridgehead atoms. The average molecular weight is 221 g/mol. The van der Waals surface area contributed by atoms with Crippen LogP contribution in [0.5, 0.6) is 0 Å². The minimum absolute atomic E-state index is 0.188. The number of rotatable bonds is 6. The summed E-state index contributed by atoms with van der Waals surface area (Å²) >= 11 is 0. The summed E-state index contributed by atoms with van der Waals surface area (Å²) < 4.78 is 7.53. The van der Waals surface area contributed by atoms with Crippen LogP contribution in [0.4, 0.5) is 0 Å². The zero-order chi connectivity index (χ0) is 11.3. The van der Waals surface area contributed by atoms with Crippen LogP contribution >= 0.6 is 8.30 Å². The highest BCUT2D eigenvalue weighted by atomic mass is 31.2. The summed E-state index contributed by atoms with van der Waals surface area (Å²) in [7, 11) is -1.14. The first-order valence-corrected chi connectivity index (χ1v) is 6.65. The fourth-order valence-corrected chi connectivity index (χ4v) is 3.04. The first-order valence-electron chi connectivity index (χ1n) is 5.22. The Kier molecular flexibility index (Phi) is 6.88. The molecule has 0 aromatic rings. The SMILES string of the molecule is CC(C)OCP(O)N(C(C)C)C(C)C. The molecule has 1 unspecified atom stereocenters. The van der Waals surface area contributed by atoms with Crippen LogP contribution < -0.4 is 0 Å². The minimum Gasteiger partial charge on any atom is -0.371 e. The number of hydrogen-bond acceptors (Lipinski definition) is 3. The largest absolute Gasteiger partial charge is 0.371 e. The Hall–Kier alpha value is 0.310. The molecule has 0 amide bonds. The fraction of sp³-hybridized carbons (Fsp3) is 1.00. The van der Waals surface area contributed by atoms with Gasteiger partial charge in [-0.3, -0.25) is 4.67 Å². The zero-order valence-electron chi connectivity index (χ0n) is 10.2. The monoisotopic (exact) mass is 221 g/mol. The molecule has 0 aromatic heterocycles. The highest BCUT2D eigenvalue weighted by Crippen LogP contribution is 2.39. The van der Waals surface area contributed by atoms with E-state index >= 15 is 0 Å². The van der Waals surface area contributed by atoms with Crippen molar-refractivity contribution in [2.75, 3.05) is 6.35 Å². The first-order chi connectivity index (χ1) is 6.36. The van der Waals surface area contributed by atoms with Crippen LogP contribution in [0.3, 0.4) is 0 Å². The molecule has 0 aromatic carbocycles. The standard InChI is InChI=1S/C10H24NO2P/c1-8(2)11(9(3)4)14(12)7-13-10(5)6/h8-10,12H,7H2,1-6H3. The molecule has 0 fully saturated rings. The van der Waals surface area contributed by atoms with E-state index in [-0.39, 0.29) is 6.10 Å². The van der Waals surface area contributed by atoms with Crippen LogP contribution in [0.25, 0.3) is 0 Å². The second-order valence-corrected chi connectivity index (χ2v) is 5.75.